The number of aryl methyl sites for hydroxylation is 1. The van der Waals surface area contributed by atoms with E-state index in [9.17, 15) is 9.90 Å². The second-order valence-corrected chi connectivity index (χ2v) is 11.3. The van der Waals surface area contributed by atoms with E-state index in [0.717, 1.165) is 44.2 Å². The molecule has 2 heterocycles. The van der Waals surface area contributed by atoms with E-state index >= 15 is 0 Å². The zero-order valence-electron chi connectivity index (χ0n) is 20.8. The van der Waals surface area contributed by atoms with Crippen LogP contribution in [0.5, 0.6) is 5.75 Å². The fraction of sp³-hybridized carbons (Fsp3) is 0.357. The zero-order chi connectivity index (χ0) is 25.3. The summed E-state index contributed by atoms with van der Waals surface area (Å²) in [6.45, 7) is 10.9. The highest BCUT2D eigenvalue weighted by atomic mass is 35.5. The van der Waals surface area contributed by atoms with E-state index in [1.165, 1.54) is 0 Å². The molecule has 0 spiro atoms. The largest absolute Gasteiger partial charge is 0.486 e. The fourth-order valence-corrected chi connectivity index (χ4v) is 5.11. The molecular formula is C28H31ClN2O3S. The molecule has 7 heteroatoms. The molecule has 0 radical (unpaired) electrons. The number of carboxylic acids is 1. The third-order valence-corrected chi connectivity index (χ3v) is 7.48. The molecule has 2 aromatic heterocycles. The first-order valence-corrected chi connectivity index (χ1v) is 13.0. The molecular weight excluding hydrogens is 480 g/mol. The highest BCUT2D eigenvalue weighted by Crippen LogP contribution is 2.34. The summed E-state index contributed by atoms with van der Waals surface area (Å²) in [6, 6.07) is 13.9. The molecule has 0 aliphatic carbocycles. The van der Waals surface area contributed by atoms with Gasteiger partial charge in [0.1, 0.15) is 17.4 Å². The first kappa shape index (κ1) is 25.3. The van der Waals surface area contributed by atoms with Gasteiger partial charge in [-0.1, -0.05) is 37.6 Å². The third kappa shape index (κ3) is 5.54. The van der Waals surface area contributed by atoms with Gasteiger partial charge in [0.25, 0.3) is 0 Å². The molecule has 0 aliphatic rings. The van der Waals surface area contributed by atoms with E-state index in [-0.39, 0.29) is 0 Å². The minimum absolute atomic E-state index is 0.396. The zero-order valence-corrected chi connectivity index (χ0v) is 22.3. The maximum Gasteiger partial charge on any atom is 0.309 e. The van der Waals surface area contributed by atoms with E-state index in [1.807, 2.05) is 30.3 Å². The van der Waals surface area contributed by atoms with Crippen molar-refractivity contribution in [1.82, 2.24) is 9.55 Å². The highest BCUT2D eigenvalue weighted by molar-refractivity contribution is 7.09. The number of hydrogen-bond acceptors (Lipinski definition) is 4. The summed E-state index contributed by atoms with van der Waals surface area (Å²) < 4.78 is 8.32. The Morgan fingerprint density at radius 3 is 2.54 bits per heavy atom. The summed E-state index contributed by atoms with van der Waals surface area (Å²) in [5.74, 6) is 0.357. The van der Waals surface area contributed by atoms with Gasteiger partial charge in [-0.15, -0.1) is 11.3 Å². The van der Waals surface area contributed by atoms with Crippen LogP contribution in [0.3, 0.4) is 0 Å². The van der Waals surface area contributed by atoms with Crippen molar-refractivity contribution in [2.24, 2.45) is 5.41 Å². The van der Waals surface area contributed by atoms with Crippen molar-refractivity contribution >= 4 is 39.8 Å². The van der Waals surface area contributed by atoms with E-state index in [1.54, 1.807) is 25.2 Å². The Hall–Kier alpha value is -2.83. The smallest absolute Gasteiger partial charge is 0.309 e. The van der Waals surface area contributed by atoms with Gasteiger partial charge in [-0.05, 0) is 68.1 Å². The Balaban J connectivity index is 1.69. The van der Waals surface area contributed by atoms with Crippen LogP contribution in [0, 0.1) is 12.3 Å². The van der Waals surface area contributed by atoms with Crippen molar-refractivity contribution in [1.29, 1.82) is 0 Å². The predicted octanol–water partition coefficient (Wildman–Crippen LogP) is 7.46. The molecule has 0 atom stereocenters. The minimum atomic E-state index is -0.894. The lowest BCUT2D eigenvalue weighted by atomic mass is 9.87. The van der Waals surface area contributed by atoms with Crippen LogP contribution in [-0.2, 0) is 24.4 Å². The number of fused-ring (bicyclic) bond motifs is 1. The highest BCUT2D eigenvalue weighted by Gasteiger charge is 2.30. The van der Waals surface area contributed by atoms with Gasteiger partial charge < -0.3 is 14.4 Å². The van der Waals surface area contributed by atoms with Gasteiger partial charge in [0.15, 0.2) is 0 Å². The molecule has 0 fully saturated rings. The third-order valence-electron chi connectivity index (χ3n) is 6.39. The minimum Gasteiger partial charge on any atom is -0.486 e. The Morgan fingerprint density at radius 2 is 1.91 bits per heavy atom. The standard InChI is InChI=1S/C28H31ClN2O3S/c1-17(2)23-16-35-26(30-23)15-34-21-10-11-24-22(12-21)18(3)25(13-28(4,5)27(32)33)31(24)14-19-6-8-20(29)9-7-19/h6-12,16-17H,13-15H2,1-5H3,(H,32,33). The number of carboxylic acid groups (broad SMARTS) is 1. The Kier molecular flexibility index (Phi) is 7.25. The lowest BCUT2D eigenvalue weighted by molar-refractivity contribution is -0.146. The van der Waals surface area contributed by atoms with Crippen molar-refractivity contribution in [2.45, 2.75) is 60.1 Å². The van der Waals surface area contributed by atoms with Crippen LogP contribution in [0.15, 0.2) is 47.8 Å². The number of hydrogen-bond donors (Lipinski definition) is 1. The van der Waals surface area contributed by atoms with Crippen molar-refractivity contribution < 1.29 is 14.6 Å². The second-order valence-electron chi connectivity index (χ2n) is 9.94. The summed E-state index contributed by atoms with van der Waals surface area (Å²) in [7, 11) is 0. The number of ether oxygens (including phenoxy) is 1. The van der Waals surface area contributed by atoms with Crippen LogP contribution >= 0.6 is 22.9 Å². The van der Waals surface area contributed by atoms with Gasteiger partial charge in [-0.2, -0.15) is 0 Å². The second kappa shape index (κ2) is 10.0. The first-order chi connectivity index (χ1) is 16.5. The molecule has 0 saturated heterocycles. The molecule has 0 aliphatic heterocycles. The summed E-state index contributed by atoms with van der Waals surface area (Å²) in [4.78, 5) is 16.6. The van der Waals surface area contributed by atoms with Crippen molar-refractivity contribution in [3.05, 3.63) is 80.4 Å². The number of carbonyl (C=O) groups is 1. The normalized spacial score (nSPS) is 12.0. The Morgan fingerprint density at radius 1 is 1.20 bits per heavy atom. The summed E-state index contributed by atoms with van der Waals surface area (Å²) >= 11 is 7.70. The number of benzene rings is 2. The van der Waals surface area contributed by atoms with Crippen molar-refractivity contribution in [2.75, 3.05) is 0 Å². The molecule has 4 rings (SSSR count). The molecule has 2 aromatic carbocycles. The van der Waals surface area contributed by atoms with E-state index < -0.39 is 11.4 Å². The monoisotopic (exact) mass is 510 g/mol. The van der Waals surface area contributed by atoms with Crippen LogP contribution in [0.25, 0.3) is 10.9 Å². The van der Waals surface area contributed by atoms with Crippen LogP contribution in [0.4, 0.5) is 0 Å². The van der Waals surface area contributed by atoms with E-state index in [0.29, 0.717) is 30.5 Å². The van der Waals surface area contributed by atoms with E-state index in [4.69, 9.17) is 16.3 Å². The molecule has 0 saturated carbocycles. The lowest BCUT2D eigenvalue weighted by Crippen LogP contribution is -2.27. The predicted molar refractivity (Wildman–Crippen MR) is 143 cm³/mol. The summed E-state index contributed by atoms with van der Waals surface area (Å²) in [6.07, 6.45) is 0.420. The average molecular weight is 511 g/mol. The molecule has 1 N–H and O–H groups in total. The van der Waals surface area contributed by atoms with Crippen LogP contribution in [0.2, 0.25) is 5.02 Å². The van der Waals surface area contributed by atoms with Gasteiger partial charge in [0, 0.05) is 40.0 Å². The molecule has 4 aromatic rings. The maximum absolute atomic E-state index is 11.9. The average Bonchev–Trinajstić information content (AvgIpc) is 3.38. The molecule has 0 amide bonds. The summed E-state index contributed by atoms with van der Waals surface area (Å²) in [5.41, 5.74) is 4.44. The first-order valence-electron chi connectivity index (χ1n) is 11.7. The molecule has 5 nitrogen and oxygen atoms in total. The summed E-state index contributed by atoms with van der Waals surface area (Å²) in [5, 5.41) is 14.6. The fourth-order valence-electron chi connectivity index (χ4n) is 4.12. The van der Waals surface area contributed by atoms with E-state index in [2.05, 4.69) is 47.8 Å². The van der Waals surface area contributed by atoms with Gasteiger partial charge in [-0.3, -0.25) is 4.79 Å². The lowest BCUT2D eigenvalue weighted by Gasteiger charge is -2.21. The topological polar surface area (TPSA) is 64.3 Å². The number of thiazole rings is 1. The van der Waals surface area contributed by atoms with Gasteiger partial charge in [-0.25, -0.2) is 4.98 Å². The Bertz CT molecular complexity index is 1350. The molecule has 35 heavy (non-hydrogen) atoms. The SMILES string of the molecule is Cc1c(CC(C)(C)C(=O)O)n(Cc2ccc(Cl)cc2)c2ccc(OCc3nc(C(C)C)cs3)cc12. The molecule has 0 bridgehead atoms. The number of aliphatic carboxylic acids is 1. The maximum atomic E-state index is 11.9. The number of nitrogens with zero attached hydrogens (tertiary/aromatic N) is 2. The number of rotatable bonds is 9. The van der Waals surface area contributed by atoms with Crippen molar-refractivity contribution in [3.8, 4) is 5.75 Å². The van der Waals surface area contributed by atoms with Crippen LogP contribution < -0.4 is 4.74 Å². The van der Waals surface area contributed by atoms with Crippen LogP contribution in [0.1, 0.15) is 61.1 Å². The molecule has 0 unspecified atom stereocenters. The van der Waals surface area contributed by atoms with Gasteiger partial charge >= 0.3 is 5.97 Å². The van der Waals surface area contributed by atoms with Gasteiger partial charge in [0.2, 0.25) is 0 Å². The van der Waals surface area contributed by atoms with Gasteiger partial charge in [0.05, 0.1) is 11.1 Å². The number of aromatic nitrogens is 2. The number of halogens is 1. The quantitative estimate of drug-likeness (QED) is 0.254. The van der Waals surface area contributed by atoms with Crippen molar-refractivity contribution in [3.63, 3.8) is 0 Å². The Labute approximate surface area is 215 Å². The van der Waals surface area contributed by atoms with Crippen LogP contribution in [-0.4, -0.2) is 20.6 Å². The molecule has 184 valence electrons.